The van der Waals surface area contributed by atoms with E-state index in [0.717, 1.165) is 44.9 Å². The second kappa shape index (κ2) is 8.49. The van der Waals surface area contributed by atoms with Gasteiger partial charge in [0.25, 0.3) is 0 Å². The lowest BCUT2D eigenvalue weighted by Gasteiger charge is -2.24. The minimum atomic E-state index is -0.229. The normalized spacial score (nSPS) is 22.4. The van der Waals surface area contributed by atoms with Gasteiger partial charge in [-0.3, -0.25) is 14.5 Å². The van der Waals surface area contributed by atoms with Crippen LogP contribution in [0.15, 0.2) is 22.8 Å². The summed E-state index contributed by atoms with van der Waals surface area (Å²) in [5.41, 5.74) is 0. The van der Waals surface area contributed by atoms with Crippen molar-refractivity contribution in [1.29, 1.82) is 0 Å². The predicted molar refractivity (Wildman–Crippen MR) is 91.7 cm³/mol. The van der Waals surface area contributed by atoms with Crippen LogP contribution in [-0.4, -0.2) is 79.5 Å². The highest BCUT2D eigenvalue weighted by molar-refractivity contribution is 5.89. The van der Waals surface area contributed by atoms with Crippen LogP contribution in [0.25, 0.3) is 0 Å². The summed E-state index contributed by atoms with van der Waals surface area (Å²) in [6, 6.07) is 3.66. The van der Waals surface area contributed by atoms with E-state index in [2.05, 4.69) is 4.90 Å². The minimum Gasteiger partial charge on any atom is -0.467 e. The second-order valence-electron chi connectivity index (χ2n) is 6.77. The van der Waals surface area contributed by atoms with Gasteiger partial charge in [-0.1, -0.05) is 0 Å². The summed E-state index contributed by atoms with van der Waals surface area (Å²) in [4.78, 5) is 31.1. The van der Waals surface area contributed by atoms with E-state index in [4.69, 9.17) is 9.15 Å². The molecule has 0 unspecified atom stereocenters. The quantitative estimate of drug-likeness (QED) is 0.760. The number of carbonyl (C=O) groups excluding carboxylic acids is 2. The molecule has 3 heterocycles. The van der Waals surface area contributed by atoms with Crippen molar-refractivity contribution in [3.8, 4) is 0 Å². The van der Waals surface area contributed by atoms with Crippen molar-refractivity contribution in [3.63, 3.8) is 0 Å². The molecular weight excluding hydrogens is 322 g/mol. The van der Waals surface area contributed by atoms with Crippen LogP contribution in [0.5, 0.6) is 0 Å². The fraction of sp³-hybridized carbons (Fsp3) is 0.667. The molecule has 7 heteroatoms. The number of furan rings is 1. The fourth-order valence-corrected chi connectivity index (χ4v) is 3.57. The molecule has 2 fully saturated rings. The first-order valence-electron chi connectivity index (χ1n) is 8.97. The van der Waals surface area contributed by atoms with Gasteiger partial charge in [-0.05, 0) is 25.1 Å². The first-order chi connectivity index (χ1) is 12.2. The van der Waals surface area contributed by atoms with E-state index in [-0.39, 0.29) is 17.7 Å². The number of likely N-dealkylation sites (tertiary alicyclic amines) is 1. The first-order valence-corrected chi connectivity index (χ1v) is 8.97. The lowest BCUT2D eigenvalue weighted by molar-refractivity contribution is -0.135. The summed E-state index contributed by atoms with van der Waals surface area (Å²) in [5.74, 6) is 0.674. The van der Waals surface area contributed by atoms with Crippen molar-refractivity contribution >= 4 is 11.8 Å². The van der Waals surface area contributed by atoms with Crippen molar-refractivity contribution < 1.29 is 18.7 Å². The standard InChI is InChI=1S/C18H27N3O4/c1-24-11-9-19-5-3-6-20(8-7-19)18(23)15-12-17(22)21(13-15)14-16-4-2-10-25-16/h2,4,10,15H,3,5-9,11-14H2,1H3/t15-/m1/s1. The van der Waals surface area contributed by atoms with Gasteiger partial charge in [0.1, 0.15) is 5.76 Å². The van der Waals surface area contributed by atoms with Crippen LogP contribution in [0.3, 0.4) is 0 Å². The average molecular weight is 349 g/mol. The lowest BCUT2D eigenvalue weighted by Crippen LogP contribution is -2.40. The molecule has 7 nitrogen and oxygen atoms in total. The molecule has 0 N–H and O–H groups in total. The Hall–Kier alpha value is -1.86. The Balaban J connectivity index is 1.52. The van der Waals surface area contributed by atoms with Crippen LogP contribution < -0.4 is 0 Å². The number of ether oxygens (including phenoxy) is 1. The van der Waals surface area contributed by atoms with Crippen LogP contribution >= 0.6 is 0 Å². The molecular formula is C18H27N3O4. The van der Waals surface area contributed by atoms with Gasteiger partial charge in [0.2, 0.25) is 11.8 Å². The molecule has 25 heavy (non-hydrogen) atoms. The molecule has 0 saturated carbocycles. The minimum absolute atomic E-state index is 0.0336. The number of hydrogen-bond acceptors (Lipinski definition) is 5. The monoisotopic (exact) mass is 349 g/mol. The number of amides is 2. The molecule has 1 atom stereocenters. The molecule has 2 amide bonds. The molecule has 1 aromatic rings. The molecule has 0 aliphatic carbocycles. The second-order valence-corrected chi connectivity index (χ2v) is 6.77. The zero-order valence-electron chi connectivity index (χ0n) is 14.9. The third kappa shape index (κ3) is 4.61. The third-order valence-electron chi connectivity index (χ3n) is 5.00. The van der Waals surface area contributed by atoms with Crippen LogP contribution in [0.2, 0.25) is 0 Å². The molecule has 0 spiro atoms. The van der Waals surface area contributed by atoms with Gasteiger partial charge in [-0.25, -0.2) is 0 Å². The topological polar surface area (TPSA) is 66.2 Å². The third-order valence-corrected chi connectivity index (χ3v) is 5.00. The van der Waals surface area contributed by atoms with E-state index in [9.17, 15) is 9.59 Å². The highest BCUT2D eigenvalue weighted by atomic mass is 16.5. The Bertz CT molecular complexity index is 575. The van der Waals surface area contributed by atoms with Crippen LogP contribution in [0.1, 0.15) is 18.6 Å². The highest BCUT2D eigenvalue weighted by Crippen LogP contribution is 2.23. The number of nitrogens with zero attached hydrogens (tertiary/aromatic N) is 3. The molecule has 0 bridgehead atoms. The highest BCUT2D eigenvalue weighted by Gasteiger charge is 2.37. The van der Waals surface area contributed by atoms with Gasteiger partial charge >= 0.3 is 0 Å². The Morgan fingerprint density at radius 3 is 2.96 bits per heavy atom. The molecule has 0 aromatic carbocycles. The molecule has 1 aromatic heterocycles. The number of carbonyl (C=O) groups is 2. The van der Waals surface area contributed by atoms with Crippen molar-refractivity contribution in [3.05, 3.63) is 24.2 Å². The van der Waals surface area contributed by atoms with Gasteiger partial charge in [0.15, 0.2) is 0 Å². The van der Waals surface area contributed by atoms with Gasteiger partial charge in [-0.15, -0.1) is 0 Å². The molecule has 2 aliphatic rings. The maximum atomic E-state index is 12.8. The molecule has 138 valence electrons. The van der Waals surface area contributed by atoms with Crippen molar-refractivity contribution in [1.82, 2.24) is 14.7 Å². The van der Waals surface area contributed by atoms with Gasteiger partial charge in [0.05, 0.1) is 25.3 Å². The molecule has 3 rings (SSSR count). The summed E-state index contributed by atoms with van der Waals surface area (Å²) in [7, 11) is 1.71. The Morgan fingerprint density at radius 2 is 2.20 bits per heavy atom. The SMILES string of the molecule is COCCN1CCCN(C(=O)[C@@H]2CC(=O)N(Cc3ccco3)C2)CC1. The summed E-state index contributed by atoms with van der Waals surface area (Å²) in [5, 5.41) is 0. The summed E-state index contributed by atoms with van der Waals surface area (Å²) in [6.07, 6.45) is 2.88. The number of hydrogen-bond donors (Lipinski definition) is 0. The van der Waals surface area contributed by atoms with Crippen molar-refractivity contribution in [2.75, 3.05) is 53.0 Å². The van der Waals surface area contributed by atoms with E-state index in [1.165, 1.54) is 0 Å². The first kappa shape index (κ1) is 17.9. The van der Waals surface area contributed by atoms with Crippen LogP contribution in [-0.2, 0) is 20.9 Å². The Morgan fingerprint density at radius 1 is 1.32 bits per heavy atom. The van der Waals surface area contributed by atoms with Crippen molar-refractivity contribution in [2.24, 2.45) is 5.92 Å². The Kier molecular flexibility index (Phi) is 6.09. The lowest BCUT2D eigenvalue weighted by atomic mass is 10.1. The zero-order valence-corrected chi connectivity index (χ0v) is 14.9. The van der Waals surface area contributed by atoms with Gasteiger partial charge in [0, 0.05) is 46.3 Å². The van der Waals surface area contributed by atoms with E-state index in [1.807, 2.05) is 17.0 Å². The predicted octanol–water partition coefficient (Wildman–Crippen LogP) is 0.809. The smallest absolute Gasteiger partial charge is 0.228 e. The van der Waals surface area contributed by atoms with E-state index >= 15 is 0 Å². The molecule has 0 radical (unpaired) electrons. The van der Waals surface area contributed by atoms with Gasteiger partial charge in [-0.2, -0.15) is 0 Å². The molecule has 2 saturated heterocycles. The van der Waals surface area contributed by atoms with E-state index in [0.29, 0.717) is 26.1 Å². The van der Waals surface area contributed by atoms with E-state index < -0.39 is 0 Å². The Labute approximate surface area is 148 Å². The summed E-state index contributed by atoms with van der Waals surface area (Å²) >= 11 is 0. The maximum absolute atomic E-state index is 12.8. The summed E-state index contributed by atoms with van der Waals surface area (Å²) < 4.78 is 10.4. The molecule has 2 aliphatic heterocycles. The average Bonchev–Trinajstić information content (AvgIpc) is 3.17. The summed E-state index contributed by atoms with van der Waals surface area (Å²) in [6.45, 7) is 5.90. The van der Waals surface area contributed by atoms with Crippen LogP contribution in [0, 0.1) is 5.92 Å². The number of rotatable bonds is 6. The van der Waals surface area contributed by atoms with E-state index in [1.54, 1.807) is 18.3 Å². The van der Waals surface area contributed by atoms with Gasteiger partial charge < -0.3 is 19.0 Å². The largest absolute Gasteiger partial charge is 0.467 e. The van der Waals surface area contributed by atoms with Crippen molar-refractivity contribution in [2.45, 2.75) is 19.4 Å². The fourth-order valence-electron chi connectivity index (χ4n) is 3.57. The number of methoxy groups -OCH3 is 1. The maximum Gasteiger partial charge on any atom is 0.228 e. The zero-order chi connectivity index (χ0) is 17.6. The van der Waals surface area contributed by atoms with Crippen LogP contribution in [0.4, 0.5) is 0 Å².